The number of aliphatic hydroxyl groups is 1. The summed E-state index contributed by atoms with van der Waals surface area (Å²) in [5.41, 5.74) is 0. The second kappa shape index (κ2) is 5.97. The Balaban J connectivity index is 3.75. The smallest absolute Gasteiger partial charge is 0.274 e. The molecule has 4 nitrogen and oxygen atoms in total. The molecule has 72 valence electrons. The fourth-order valence-corrected chi connectivity index (χ4v) is 0.849. The van der Waals surface area contributed by atoms with Crippen molar-refractivity contribution < 1.29 is 15.1 Å². The molecular formula is C8H17NO3. The Labute approximate surface area is 72.8 Å². The number of unbranched alkanes of at least 4 members (excludes halogenated alkanes) is 1. The van der Waals surface area contributed by atoms with Gasteiger partial charge >= 0.3 is 0 Å². The molecule has 1 unspecified atom stereocenters. The van der Waals surface area contributed by atoms with Crippen LogP contribution in [0, 0.1) is 0 Å². The van der Waals surface area contributed by atoms with E-state index in [1.165, 1.54) is 0 Å². The number of rotatable bonds is 5. The Kier molecular flexibility index (Phi) is 5.66. The van der Waals surface area contributed by atoms with Crippen molar-refractivity contribution in [2.45, 2.75) is 39.2 Å². The molecule has 0 bridgehead atoms. The first-order valence-electron chi connectivity index (χ1n) is 4.31. The van der Waals surface area contributed by atoms with Gasteiger partial charge in [-0.25, -0.2) is 5.06 Å². The molecule has 0 saturated heterocycles. The van der Waals surface area contributed by atoms with Crippen LogP contribution in [0.2, 0.25) is 0 Å². The Morgan fingerprint density at radius 1 is 1.50 bits per heavy atom. The highest BCUT2D eigenvalue weighted by molar-refractivity contribution is 5.79. The van der Waals surface area contributed by atoms with Crippen molar-refractivity contribution in [1.29, 1.82) is 0 Å². The highest BCUT2D eigenvalue weighted by atomic mass is 16.5. The molecule has 1 atom stereocenters. The molecule has 4 heteroatoms. The van der Waals surface area contributed by atoms with Gasteiger partial charge in [0.25, 0.3) is 5.91 Å². The van der Waals surface area contributed by atoms with Gasteiger partial charge in [0, 0.05) is 6.54 Å². The monoisotopic (exact) mass is 175 g/mol. The summed E-state index contributed by atoms with van der Waals surface area (Å²) in [4.78, 5) is 11.0. The van der Waals surface area contributed by atoms with Crippen LogP contribution in [-0.4, -0.2) is 33.9 Å². The number of hydroxylamine groups is 2. The molecule has 0 saturated carbocycles. The minimum absolute atomic E-state index is 0.210. The zero-order valence-electron chi connectivity index (χ0n) is 7.66. The Morgan fingerprint density at radius 2 is 2.08 bits per heavy atom. The highest BCUT2D eigenvalue weighted by Crippen LogP contribution is 2.02. The standard InChI is InChI=1S/C8H17NO3/c1-3-5-6-7(10)8(11)9(12)4-2/h7,10,12H,3-6H2,1-2H3. The van der Waals surface area contributed by atoms with Crippen molar-refractivity contribution >= 4 is 5.91 Å². The van der Waals surface area contributed by atoms with E-state index in [4.69, 9.17) is 5.21 Å². The largest absolute Gasteiger partial charge is 0.383 e. The number of amides is 1. The maximum absolute atomic E-state index is 11.0. The van der Waals surface area contributed by atoms with Gasteiger partial charge in [-0.15, -0.1) is 0 Å². The topological polar surface area (TPSA) is 60.8 Å². The second-order valence-corrected chi connectivity index (χ2v) is 2.71. The highest BCUT2D eigenvalue weighted by Gasteiger charge is 2.18. The van der Waals surface area contributed by atoms with E-state index in [9.17, 15) is 9.90 Å². The number of carbonyl (C=O) groups is 1. The van der Waals surface area contributed by atoms with E-state index in [1.807, 2.05) is 6.92 Å². The average Bonchev–Trinajstić information content (AvgIpc) is 2.11. The molecule has 0 aromatic carbocycles. The predicted octanol–water partition coefficient (Wildman–Crippen LogP) is 0.775. The van der Waals surface area contributed by atoms with Crippen LogP contribution in [0.1, 0.15) is 33.1 Å². The van der Waals surface area contributed by atoms with Gasteiger partial charge in [-0.3, -0.25) is 10.0 Å². The molecule has 2 N–H and O–H groups in total. The first-order valence-corrected chi connectivity index (χ1v) is 4.31. The minimum Gasteiger partial charge on any atom is -0.383 e. The van der Waals surface area contributed by atoms with Crippen molar-refractivity contribution in [2.75, 3.05) is 6.54 Å². The molecule has 0 aliphatic carbocycles. The van der Waals surface area contributed by atoms with Gasteiger partial charge in [0.15, 0.2) is 0 Å². The summed E-state index contributed by atoms with van der Waals surface area (Å²) in [5, 5.41) is 18.7. The van der Waals surface area contributed by atoms with Gasteiger partial charge in [0.1, 0.15) is 6.10 Å². The van der Waals surface area contributed by atoms with E-state index < -0.39 is 12.0 Å². The van der Waals surface area contributed by atoms with Crippen LogP contribution >= 0.6 is 0 Å². The molecule has 0 aromatic rings. The van der Waals surface area contributed by atoms with Crippen LogP contribution < -0.4 is 0 Å². The Morgan fingerprint density at radius 3 is 2.50 bits per heavy atom. The lowest BCUT2D eigenvalue weighted by atomic mass is 10.1. The number of nitrogens with zero attached hydrogens (tertiary/aromatic N) is 1. The van der Waals surface area contributed by atoms with Gasteiger partial charge in [-0.2, -0.15) is 0 Å². The normalized spacial score (nSPS) is 12.7. The van der Waals surface area contributed by atoms with E-state index in [0.29, 0.717) is 11.5 Å². The molecule has 0 aromatic heterocycles. The van der Waals surface area contributed by atoms with Crippen molar-refractivity contribution in [2.24, 2.45) is 0 Å². The Hall–Kier alpha value is -0.610. The van der Waals surface area contributed by atoms with Crippen molar-refractivity contribution in [3.63, 3.8) is 0 Å². The maximum atomic E-state index is 11.0. The Bertz CT molecular complexity index is 138. The molecule has 0 spiro atoms. The summed E-state index contributed by atoms with van der Waals surface area (Å²) >= 11 is 0. The third-order valence-electron chi connectivity index (χ3n) is 1.67. The fraction of sp³-hybridized carbons (Fsp3) is 0.875. The number of likely N-dealkylation sites (N-methyl/N-ethyl adjacent to an activating group) is 1. The van der Waals surface area contributed by atoms with Crippen LogP contribution in [0.3, 0.4) is 0 Å². The molecule has 1 amide bonds. The number of carbonyl (C=O) groups excluding carboxylic acids is 1. The summed E-state index contributed by atoms with van der Waals surface area (Å²) in [6.07, 6.45) is 1.11. The SMILES string of the molecule is CCCCC(O)C(=O)N(O)CC. The number of hydrogen-bond acceptors (Lipinski definition) is 3. The lowest BCUT2D eigenvalue weighted by Gasteiger charge is -2.16. The molecule has 0 rings (SSSR count). The zero-order chi connectivity index (χ0) is 9.56. The van der Waals surface area contributed by atoms with Crippen molar-refractivity contribution in [3.8, 4) is 0 Å². The minimum atomic E-state index is -1.05. The lowest BCUT2D eigenvalue weighted by Crippen LogP contribution is -2.36. The summed E-state index contributed by atoms with van der Waals surface area (Å²) in [7, 11) is 0. The van der Waals surface area contributed by atoms with Gasteiger partial charge < -0.3 is 5.11 Å². The van der Waals surface area contributed by atoms with Gasteiger partial charge in [-0.1, -0.05) is 19.8 Å². The average molecular weight is 175 g/mol. The molecule has 12 heavy (non-hydrogen) atoms. The first-order chi connectivity index (χ1) is 5.63. The molecular weight excluding hydrogens is 158 g/mol. The number of aliphatic hydroxyl groups excluding tert-OH is 1. The second-order valence-electron chi connectivity index (χ2n) is 2.71. The van der Waals surface area contributed by atoms with E-state index in [-0.39, 0.29) is 6.54 Å². The van der Waals surface area contributed by atoms with Crippen molar-refractivity contribution in [3.05, 3.63) is 0 Å². The third kappa shape index (κ3) is 3.69. The van der Waals surface area contributed by atoms with Gasteiger partial charge in [0.2, 0.25) is 0 Å². The third-order valence-corrected chi connectivity index (χ3v) is 1.67. The fourth-order valence-electron chi connectivity index (χ4n) is 0.849. The summed E-state index contributed by atoms with van der Waals surface area (Å²) in [5.74, 6) is -0.606. The van der Waals surface area contributed by atoms with Gasteiger partial charge in [-0.05, 0) is 13.3 Å². The summed E-state index contributed by atoms with van der Waals surface area (Å²) in [6, 6.07) is 0. The molecule has 0 aliphatic heterocycles. The lowest BCUT2D eigenvalue weighted by molar-refractivity contribution is -0.174. The van der Waals surface area contributed by atoms with Crippen LogP contribution in [-0.2, 0) is 4.79 Å². The van der Waals surface area contributed by atoms with Crippen LogP contribution in [0.4, 0.5) is 0 Å². The first kappa shape index (κ1) is 11.4. The van der Waals surface area contributed by atoms with E-state index >= 15 is 0 Å². The van der Waals surface area contributed by atoms with E-state index in [2.05, 4.69) is 0 Å². The maximum Gasteiger partial charge on any atom is 0.274 e. The summed E-state index contributed by atoms with van der Waals surface area (Å²) < 4.78 is 0. The van der Waals surface area contributed by atoms with Crippen LogP contribution in [0.25, 0.3) is 0 Å². The molecule has 0 fully saturated rings. The molecule has 0 radical (unpaired) electrons. The van der Waals surface area contributed by atoms with E-state index in [0.717, 1.165) is 12.8 Å². The van der Waals surface area contributed by atoms with Crippen molar-refractivity contribution in [1.82, 2.24) is 5.06 Å². The van der Waals surface area contributed by atoms with Crippen LogP contribution in [0.5, 0.6) is 0 Å². The molecule has 0 heterocycles. The quantitative estimate of drug-likeness (QED) is 0.479. The zero-order valence-corrected chi connectivity index (χ0v) is 7.66. The predicted molar refractivity (Wildman–Crippen MR) is 44.7 cm³/mol. The summed E-state index contributed by atoms with van der Waals surface area (Å²) in [6.45, 7) is 3.83. The number of hydrogen-bond donors (Lipinski definition) is 2. The van der Waals surface area contributed by atoms with Crippen LogP contribution in [0.15, 0.2) is 0 Å². The van der Waals surface area contributed by atoms with Gasteiger partial charge in [0.05, 0.1) is 0 Å². The molecule has 0 aliphatic rings. The van der Waals surface area contributed by atoms with E-state index in [1.54, 1.807) is 6.92 Å².